The second-order valence-electron chi connectivity index (χ2n) is 8.26. The molecule has 3 aromatic carbocycles. The maximum absolute atomic E-state index is 11.8. The number of pyridine rings is 1. The van der Waals surface area contributed by atoms with Crippen molar-refractivity contribution in [2.75, 3.05) is 7.11 Å². The van der Waals surface area contributed by atoms with Gasteiger partial charge >= 0.3 is 5.97 Å². The molecule has 1 aromatic heterocycles. The second kappa shape index (κ2) is 9.74. The average molecular weight is 442 g/mol. The van der Waals surface area contributed by atoms with E-state index in [4.69, 9.17) is 9.47 Å². The van der Waals surface area contributed by atoms with Crippen LogP contribution >= 0.6 is 0 Å². The van der Waals surface area contributed by atoms with Crippen molar-refractivity contribution >= 4 is 16.9 Å². The monoisotopic (exact) mass is 441 g/mol. The molecule has 33 heavy (non-hydrogen) atoms. The summed E-state index contributed by atoms with van der Waals surface area (Å²) in [6.45, 7) is 2.47. The lowest BCUT2D eigenvalue weighted by Gasteiger charge is -2.31. The third-order valence-corrected chi connectivity index (χ3v) is 6.10. The summed E-state index contributed by atoms with van der Waals surface area (Å²) < 4.78 is 10.8. The van der Waals surface area contributed by atoms with Gasteiger partial charge in [-0.05, 0) is 53.9 Å². The van der Waals surface area contributed by atoms with Crippen LogP contribution in [0.3, 0.4) is 0 Å². The van der Waals surface area contributed by atoms with Crippen molar-refractivity contribution in [2.24, 2.45) is 0 Å². The molecule has 0 aliphatic rings. The molecule has 0 radical (unpaired) electrons. The minimum Gasteiger partial charge on any atom is -0.508 e. The van der Waals surface area contributed by atoms with E-state index in [0.29, 0.717) is 19.4 Å². The lowest BCUT2D eigenvalue weighted by atomic mass is 9.73. The minimum absolute atomic E-state index is 0.208. The van der Waals surface area contributed by atoms with E-state index >= 15 is 0 Å². The number of carbonyl (C=O) groups is 1. The molecule has 0 saturated carbocycles. The number of benzene rings is 3. The van der Waals surface area contributed by atoms with Gasteiger partial charge in [-0.2, -0.15) is 0 Å². The lowest BCUT2D eigenvalue weighted by molar-refractivity contribution is -0.140. The predicted molar refractivity (Wildman–Crippen MR) is 128 cm³/mol. The van der Waals surface area contributed by atoms with Crippen LogP contribution in [0.1, 0.15) is 36.6 Å². The van der Waals surface area contributed by atoms with Crippen LogP contribution in [-0.2, 0) is 21.6 Å². The van der Waals surface area contributed by atoms with Gasteiger partial charge in [-0.1, -0.05) is 55.5 Å². The highest BCUT2D eigenvalue weighted by Crippen LogP contribution is 2.38. The first-order valence-electron chi connectivity index (χ1n) is 10.9. The zero-order valence-electron chi connectivity index (χ0n) is 18.8. The summed E-state index contributed by atoms with van der Waals surface area (Å²) in [6.07, 6.45) is 0.866. The zero-order valence-corrected chi connectivity index (χ0v) is 18.8. The molecule has 168 valence electrons. The van der Waals surface area contributed by atoms with Crippen molar-refractivity contribution in [2.45, 2.75) is 31.8 Å². The van der Waals surface area contributed by atoms with Gasteiger partial charge < -0.3 is 14.6 Å². The topological polar surface area (TPSA) is 68.7 Å². The lowest BCUT2D eigenvalue weighted by Crippen LogP contribution is -2.25. The summed E-state index contributed by atoms with van der Waals surface area (Å²) in [6, 6.07) is 27.1. The fourth-order valence-electron chi connectivity index (χ4n) is 4.00. The normalized spacial score (nSPS) is 12.8. The molecular weight excluding hydrogens is 414 g/mol. The highest BCUT2D eigenvalue weighted by Gasteiger charge is 2.30. The molecule has 0 aliphatic heterocycles. The molecule has 5 heteroatoms. The third kappa shape index (κ3) is 5.14. The molecule has 4 rings (SSSR count). The number of ether oxygens (including phenoxy) is 2. The number of para-hydroxylation sites is 1. The van der Waals surface area contributed by atoms with Gasteiger partial charge in [-0.25, -0.2) is 4.98 Å². The van der Waals surface area contributed by atoms with E-state index in [1.54, 1.807) is 12.1 Å². The maximum atomic E-state index is 11.8. The molecule has 0 bridgehead atoms. The SMILES string of the molecule is COC(=O)CCC(C)(c1ccc(O)cc1)c1ccc(OCc2ccc3ccccc3n2)cc1. The Kier molecular flexibility index (Phi) is 6.59. The molecule has 0 saturated heterocycles. The molecule has 4 aromatic rings. The number of phenolic OH excluding ortho intramolecular Hbond substituents is 1. The standard InChI is InChI=1S/C28H27NO4/c1-28(18-17-27(31)32-2,21-8-13-24(30)14-9-21)22-10-15-25(16-11-22)33-19-23-12-7-20-5-3-4-6-26(20)29-23/h3-16,30H,17-19H2,1-2H3. The molecular formula is C28H27NO4. The summed E-state index contributed by atoms with van der Waals surface area (Å²) in [5.41, 5.74) is 3.45. The molecule has 0 spiro atoms. The molecule has 1 N–H and O–H groups in total. The Bertz CT molecular complexity index is 1230. The third-order valence-electron chi connectivity index (χ3n) is 6.10. The van der Waals surface area contributed by atoms with Gasteiger partial charge in [0.25, 0.3) is 0 Å². The quantitative estimate of drug-likeness (QED) is 0.351. The van der Waals surface area contributed by atoms with Crippen molar-refractivity contribution in [1.29, 1.82) is 0 Å². The number of hydrogen-bond donors (Lipinski definition) is 1. The van der Waals surface area contributed by atoms with Gasteiger partial charge in [0.05, 0.1) is 18.3 Å². The van der Waals surface area contributed by atoms with Gasteiger partial charge in [-0.3, -0.25) is 4.79 Å². The molecule has 0 fully saturated rings. The Morgan fingerprint density at radius 2 is 1.58 bits per heavy atom. The number of aromatic hydroxyl groups is 1. The van der Waals surface area contributed by atoms with Crippen molar-refractivity contribution in [3.05, 3.63) is 102 Å². The summed E-state index contributed by atoms with van der Waals surface area (Å²) in [7, 11) is 1.40. The molecule has 0 amide bonds. The number of hydrogen-bond acceptors (Lipinski definition) is 5. The van der Waals surface area contributed by atoms with Gasteiger partial charge in [0.1, 0.15) is 18.1 Å². The van der Waals surface area contributed by atoms with E-state index < -0.39 is 5.41 Å². The first-order chi connectivity index (χ1) is 16.0. The number of nitrogens with zero attached hydrogens (tertiary/aromatic N) is 1. The van der Waals surface area contributed by atoms with E-state index in [-0.39, 0.29) is 11.7 Å². The van der Waals surface area contributed by atoms with Crippen molar-refractivity contribution < 1.29 is 19.4 Å². The molecule has 1 atom stereocenters. The number of carbonyl (C=O) groups excluding carboxylic acids is 1. The van der Waals surface area contributed by atoms with Crippen LogP contribution in [0.4, 0.5) is 0 Å². The Morgan fingerprint density at radius 3 is 2.27 bits per heavy atom. The predicted octanol–water partition coefficient (Wildman–Crippen LogP) is 5.78. The van der Waals surface area contributed by atoms with Crippen LogP contribution in [0.15, 0.2) is 84.9 Å². The van der Waals surface area contributed by atoms with E-state index in [9.17, 15) is 9.90 Å². The Hall–Kier alpha value is -3.86. The van der Waals surface area contributed by atoms with Gasteiger partial charge in [-0.15, -0.1) is 0 Å². The van der Waals surface area contributed by atoms with Crippen LogP contribution in [0.5, 0.6) is 11.5 Å². The molecule has 1 unspecified atom stereocenters. The fraction of sp³-hybridized carbons (Fsp3) is 0.214. The Morgan fingerprint density at radius 1 is 0.909 bits per heavy atom. The Balaban J connectivity index is 1.52. The number of aromatic nitrogens is 1. The van der Waals surface area contributed by atoms with Crippen LogP contribution in [-0.4, -0.2) is 23.2 Å². The minimum atomic E-state index is -0.430. The molecule has 5 nitrogen and oxygen atoms in total. The summed E-state index contributed by atoms with van der Waals surface area (Å²) >= 11 is 0. The second-order valence-corrected chi connectivity index (χ2v) is 8.26. The highest BCUT2D eigenvalue weighted by atomic mass is 16.5. The maximum Gasteiger partial charge on any atom is 0.305 e. The van der Waals surface area contributed by atoms with E-state index in [1.807, 2.05) is 66.7 Å². The Labute approximate surface area is 193 Å². The van der Waals surface area contributed by atoms with Gasteiger partial charge in [0.2, 0.25) is 0 Å². The van der Waals surface area contributed by atoms with Crippen LogP contribution in [0, 0.1) is 0 Å². The molecule has 0 aliphatic carbocycles. The van der Waals surface area contributed by atoms with Crippen LogP contribution in [0.2, 0.25) is 0 Å². The van der Waals surface area contributed by atoms with Crippen LogP contribution < -0.4 is 4.74 Å². The van der Waals surface area contributed by atoms with Crippen molar-refractivity contribution in [3.63, 3.8) is 0 Å². The van der Waals surface area contributed by atoms with Gasteiger partial charge in [0, 0.05) is 17.2 Å². The first-order valence-corrected chi connectivity index (χ1v) is 10.9. The first kappa shape index (κ1) is 22.3. The largest absolute Gasteiger partial charge is 0.508 e. The number of fused-ring (bicyclic) bond motifs is 1. The number of methoxy groups -OCH3 is 1. The van der Waals surface area contributed by atoms with E-state index in [2.05, 4.69) is 18.0 Å². The molecule has 1 heterocycles. The summed E-state index contributed by atoms with van der Waals surface area (Å²) in [5, 5.41) is 10.8. The van der Waals surface area contributed by atoms with Crippen molar-refractivity contribution in [1.82, 2.24) is 4.98 Å². The summed E-state index contributed by atoms with van der Waals surface area (Å²) in [4.78, 5) is 16.5. The van der Waals surface area contributed by atoms with Crippen molar-refractivity contribution in [3.8, 4) is 11.5 Å². The zero-order chi connectivity index (χ0) is 23.3. The number of phenols is 1. The highest BCUT2D eigenvalue weighted by molar-refractivity contribution is 5.78. The summed E-state index contributed by atoms with van der Waals surface area (Å²) in [5.74, 6) is 0.706. The van der Waals surface area contributed by atoms with E-state index in [1.165, 1.54) is 7.11 Å². The fourth-order valence-corrected chi connectivity index (χ4v) is 4.00. The van der Waals surface area contributed by atoms with E-state index in [0.717, 1.165) is 33.5 Å². The van der Waals surface area contributed by atoms with Gasteiger partial charge in [0.15, 0.2) is 0 Å². The van der Waals surface area contributed by atoms with Crippen LogP contribution in [0.25, 0.3) is 10.9 Å². The smallest absolute Gasteiger partial charge is 0.305 e. The average Bonchev–Trinajstić information content (AvgIpc) is 2.86. The number of rotatable bonds is 8. The number of esters is 1.